The van der Waals surface area contributed by atoms with Crippen molar-refractivity contribution < 1.29 is 0 Å². The summed E-state index contributed by atoms with van der Waals surface area (Å²) in [4.78, 5) is 0. The van der Waals surface area contributed by atoms with E-state index in [2.05, 4.69) is 35.5 Å². The Morgan fingerprint density at radius 2 is 1.94 bits per heavy atom. The third-order valence-corrected chi connectivity index (χ3v) is 3.43. The first-order valence-electron chi connectivity index (χ1n) is 6.76. The number of rotatable bonds is 8. The van der Waals surface area contributed by atoms with Crippen LogP contribution in [0.3, 0.4) is 0 Å². The molecule has 1 aromatic rings. The quantitative estimate of drug-likeness (QED) is 0.656. The molecule has 0 aliphatic heterocycles. The van der Waals surface area contributed by atoms with Crippen molar-refractivity contribution in [2.24, 2.45) is 0 Å². The lowest BCUT2D eigenvalue weighted by atomic mass is 9.98. The second-order valence-corrected chi connectivity index (χ2v) is 4.77. The molecule has 3 nitrogen and oxygen atoms in total. The maximum atomic E-state index is 5.91. The molecule has 0 bridgehead atoms. The normalized spacial score (nSPS) is 12.9. The summed E-state index contributed by atoms with van der Waals surface area (Å²) >= 11 is 5.91. The standard InChI is InChI=1S/C13H24ClN3/c1-4-7-8-11(6-3)13-16-15-12(10-14)17(13)9-5-2/h11H,4-10H2,1-3H3. The molecule has 98 valence electrons. The molecule has 0 saturated heterocycles. The Kier molecular flexibility index (Phi) is 6.56. The van der Waals surface area contributed by atoms with E-state index in [-0.39, 0.29) is 0 Å². The molecule has 0 spiro atoms. The van der Waals surface area contributed by atoms with Gasteiger partial charge in [0.1, 0.15) is 11.6 Å². The number of nitrogens with zero attached hydrogens (tertiary/aromatic N) is 3. The predicted octanol–water partition coefficient (Wildman–Crippen LogP) is 4.11. The van der Waals surface area contributed by atoms with E-state index in [0.29, 0.717) is 11.8 Å². The number of alkyl halides is 1. The van der Waals surface area contributed by atoms with Crippen LogP contribution in [0, 0.1) is 0 Å². The van der Waals surface area contributed by atoms with E-state index in [9.17, 15) is 0 Å². The average Bonchev–Trinajstić information content (AvgIpc) is 2.74. The van der Waals surface area contributed by atoms with Gasteiger partial charge in [0.25, 0.3) is 0 Å². The topological polar surface area (TPSA) is 30.7 Å². The van der Waals surface area contributed by atoms with Crippen LogP contribution >= 0.6 is 11.6 Å². The SMILES string of the molecule is CCCCC(CC)c1nnc(CCl)n1CCC. The van der Waals surface area contributed by atoms with E-state index >= 15 is 0 Å². The molecule has 1 unspecified atom stereocenters. The van der Waals surface area contributed by atoms with Gasteiger partial charge >= 0.3 is 0 Å². The van der Waals surface area contributed by atoms with Crippen LogP contribution in [0.4, 0.5) is 0 Å². The largest absolute Gasteiger partial charge is 0.314 e. The monoisotopic (exact) mass is 257 g/mol. The lowest BCUT2D eigenvalue weighted by molar-refractivity contribution is 0.502. The van der Waals surface area contributed by atoms with Crippen LogP contribution in [-0.2, 0) is 12.4 Å². The van der Waals surface area contributed by atoms with Crippen LogP contribution in [-0.4, -0.2) is 14.8 Å². The van der Waals surface area contributed by atoms with Crippen LogP contribution in [0.2, 0.25) is 0 Å². The zero-order valence-electron chi connectivity index (χ0n) is 11.2. The number of aromatic nitrogens is 3. The van der Waals surface area contributed by atoms with Crippen molar-refractivity contribution in [1.29, 1.82) is 0 Å². The molecule has 4 heteroatoms. The number of hydrogen-bond donors (Lipinski definition) is 0. The van der Waals surface area contributed by atoms with Gasteiger partial charge in [-0.3, -0.25) is 0 Å². The maximum Gasteiger partial charge on any atom is 0.147 e. The van der Waals surface area contributed by atoms with Gasteiger partial charge in [-0.1, -0.05) is 33.6 Å². The maximum absolute atomic E-state index is 5.91. The second-order valence-electron chi connectivity index (χ2n) is 4.51. The van der Waals surface area contributed by atoms with E-state index in [1.807, 2.05) is 0 Å². The summed E-state index contributed by atoms with van der Waals surface area (Å²) in [5.41, 5.74) is 0. The first-order valence-corrected chi connectivity index (χ1v) is 7.29. The van der Waals surface area contributed by atoms with E-state index in [1.165, 1.54) is 19.3 Å². The van der Waals surface area contributed by atoms with Crippen molar-refractivity contribution in [2.45, 2.75) is 71.2 Å². The summed E-state index contributed by atoms with van der Waals surface area (Å²) in [7, 11) is 0. The third-order valence-electron chi connectivity index (χ3n) is 3.19. The van der Waals surface area contributed by atoms with E-state index in [4.69, 9.17) is 11.6 Å². The first kappa shape index (κ1) is 14.5. The molecule has 0 amide bonds. The Morgan fingerprint density at radius 1 is 1.18 bits per heavy atom. The van der Waals surface area contributed by atoms with Crippen LogP contribution in [0.25, 0.3) is 0 Å². The Hall–Kier alpha value is -0.570. The molecular weight excluding hydrogens is 234 g/mol. The highest BCUT2D eigenvalue weighted by molar-refractivity contribution is 6.16. The van der Waals surface area contributed by atoms with Gasteiger partial charge in [0, 0.05) is 12.5 Å². The fourth-order valence-corrected chi connectivity index (χ4v) is 2.38. The van der Waals surface area contributed by atoms with Crippen LogP contribution in [0.5, 0.6) is 0 Å². The molecule has 0 aliphatic carbocycles. The Balaban J connectivity index is 2.89. The van der Waals surface area contributed by atoms with Crippen LogP contribution < -0.4 is 0 Å². The van der Waals surface area contributed by atoms with E-state index in [0.717, 1.165) is 31.0 Å². The minimum atomic E-state index is 0.456. The van der Waals surface area contributed by atoms with E-state index < -0.39 is 0 Å². The van der Waals surface area contributed by atoms with Gasteiger partial charge in [-0.15, -0.1) is 21.8 Å². The molecule has 1 heterocycles. The van der Waals surface area contributed by atoms with Crippen molar-refractivity contribution in [3.05, 3.63) is 11.6 Å². The molecule has 0 saturated carbocycles. The van der Waals surface area contributed by atoms with Crippen molar-refractivity contribution in [3.63, 3.8) is 0 Å². The molecule has 0 fully saturated rings. The second kappa shape index (κ2) is 7.70. The molecule has 1 atom stereocenters. The Morgan fingerprint density at radius 3 is 2.47 bits per heavy atom. The Bertz CT molecular complexity index is 322. The summed E-state index contributed by atoms with van der Waals surface area (Å²) in [6.45, 7) is 7.61. The molecule has 0 aromatic carbocycles. The smallest absolute Gasteiger partial charge is 0.147 e. The molecular formula is C13H24ClN3. The van der Waals surface area contributed by atoms with Crippen molar-refractivity contribution in [2.75, 3.05) is 0 Å². The van der Waals surface area contributed by atoms with Gasteiger partial charge in [0.05, 0.1) is 5.88 Å². The highest BCUT2D eigenvalue weighted by atomic mass is 35.5. The van der Waals surface area contributed by atoms with Crippen molar-refractivity contribution in [1.82, 2.24) is 14.8 Å². The van der Waals surface area contributed by atoms with Crippen molar-refractivity contribution in [3.8, 4) is 0 Å². The van der Waals surface area contributed by atoms with Gasteiger partial charge in [-0.25, -0.2) is 0 Å². The van der Waals surface area contributed by atoms with Crippen LogP contribution in [0.1, 0.15) is 70.4 Å². The lowest BCUT2D eigenvalue weighted by Crippen LogP contribution is -2.11. The molecule has 1 aromatic heterocycles. The summed E-state index contributed by atoms with van der Waals surface area (Å²) in [6, 6.07) is 0. The van der Waals surface area contributed by atoms with E-state index in [1.54, 1.807) is 0 Å². The lowest BCUT2D eigenvalue weighted by Gasteiger charge is -2.16. The minimum absolute atomic E-state index is 0.456. The summed E-state index contributed by atoms with van der Waals surface area (Å²) in [5, 5.41) is 8.57. The fourth-order valence-electron chi connectivity index (χ4n) is 2.18. The van der Waals surface area contributed by atoms with Gasteiger partial charge in [-0.05, 0) is 19.3 Å². The molecule has 0 N–H and O–H groups in total. The highest BCUT2D eigenvalue weighted by Gasteiger charge is 2.18. The van der Waals surface area contributed by atoms with Gasteiger partial charge in [0.15, 0.2) is 0 Å². The molecule has 0 radical (unpaired) electrons. The Labute approximate surface area is 110 Å². The number of unbranched alkanes of at least 4 members (excludes halogenated alkanes) is 1. The van der Waals surface area contributed by atoms with Gasteiger partial charge < -0.3 is 4.57 Å². The first-order chi connectivity index (χ1) is 8.28. The third kappa shape index (κ3) is 3.70. The minimum Gasteiger partial charge on any atom is -0.314 e. The summed E-state index contributed by atoms with van der Waals surface area (Å²) in [6.07, 6.45) is 5.93. The zero-order chi connectivity index (χ0) is 12.7. The van der Waals surface area contributed by atoms with Crippen molar-refractivity contribution >= 4 is 11.6 Å². The summed E-state index contributed by atoms with van der Waals surface area (Å²) in [5.74, 6) is 3.04. The molecule has 17 heavy (non-hydrogen) atoms. The summed E-state index contributed by atoms with van der Waals surface area (Å²) < 4.78 is 2.22. The molecule has 1 rings (SSSR count). The van der Waals surface area contributed by atoms with Crippen LogP contribution in [0.15, 0.2) is 0 Å². The highest BCUT2D eigenvalue weighted by Crippen LogP contribution is 2.25. The predicted molar refractivity (Wildman–Crippen MR) is 72.4 cm³/mol. The zero-order valence-corrected chi connectivity index (χ0v) is 12.0. The van der Waals surface area contributed by atoms with Gasteiger partial charge in [-0.2, -0.15) is 0 Å². The van der Waals surface area contributed by atoms with Gasteiger partial charge in [0.2, 0.25) is 0 Å². The number of hydrogen-bond acceptors (Lipinski definition) is 2. The fraction of sp³-hybridized carbons (Fsp3) is 0.846. The average molecular weight is 258 g/mol. The number of halogens is 1. The molecule has 0 aliphatic rings.